The zero-order valence-electron chi connectivity index (χ0n) is 18.9. The second-order valence-corrected chi connectivity index (χ2v) is 8.63. The molecule has 1 nitrogen and oxygen atoms in total. The van der Waals surface area contributed by atoms with Gasteiger partial charge in [-0.25, -0.2) is 4.39 Å². The summed E-state index contributed by atoms with van der Waals surface area (Å²) in [4.78, 5) is 0. The Morgan fingerprint density at radius 3 is 2.36 bits per heavy atom. The fourth-order valence-electron chi connectivity index (χ4n) is 4.28. The number of rotatable bonds is 7. The molecule has 0 amide bonds. The van der Waals surface area contributed by atoms with Crippen molar-refractivity contribution in [2.45, 2.75) is 70.6 Å². The molecule has 1 aliphatic carbocycles. The van der Waals surface area contributed by atoms with Gasteiger partial charge in [-0.05, 0) is 85.8 Å². The van der Waals surface area contributed by atoms with Crippen LogP contribution in [0.25, 0.3) is 0 Å². The molecule has 0 aliphatic heterocycles. The monoisotopic (exact) mass is 458 g/mol. The van der Waals surface area contributed by atoms with E-state index in [0.29, 0.717) is 17.4 Å². The van der Waals surface area contributed by atoms with Gasteiger partial charge in [-0.3, -0.25) is 0 Å². The second-order valence-electron chi connectivity index (χ2n) is 8.63. The molecule has 1 fully saturated rings. The highest BCUT2D eigenvalue weighted by molar-refractivity contribution is 5.41. The lowest BCUT2D eigenvalue weighted by molar-refractivity contribution is -0.275. The fraction of sp³-hybridized carbons (Fsp3) is 0.429. The zero-order chi connectivity index (χ0) is 23.7. The van der Waals surface area contributed by atoms with Crippen LogP contribution in [0.5, 0.6) is 5.75 Å². The summed E-state index contributed by atoms with van der Waals surface area (Å²) in [5.74, 6) is 4.73. The van der Waals surface area contributed by atoms with Crippen molar-refractivity contribution in [3.8, 4) is 17.6 Å². The van der Waals surface area contributed by atoms with Gasteiger partial charge in [-0.2, -0.15) is 0 Å². The van der Waals surface area contributed by atoms with Crippen LogP contribution in [0.4, 0.5) is 17.6 Å². The van der Waals surface area contributed by atoms with Gasteiger partial charge in [0.25, 0.3) is 0 Å². The van der Waals surface area contributed by atoms with Crippen molar-refractivity contribution in [3.05, 3.63) is 77.1 Å². The van der Waals surface area contributed by atoms with E-state index in [4.69, 9.17) is 0 Å². The van der Waals surface area contributed by atoms with Gasteiger partial charge < -0.3 is 4.74 Å². The first-order valence-electron chi connectivity index (χ1n) is 11.7. The molecule has 1 saturated carbocycles. The third-order valence-electron chi connectivity index (χ3n) is 6.12. The summed E-state index contributed by atoms with van der Waals surface area (Å²) in [5.41, 5.74) is 3.15. The van der Waals surface area contributed by atoms with Crippen LogP contribution in [0.15, 0.2) is 54.6 Å². The Bertz CT molecular complexity index is 972. The Kier molecular flexibility index (Phi) is 9.00. The van der Waals surface area contributed by atoms with Gasteiger partial charge in [0.05, 0.1) is 0 Å². The van der Waals surface area contributed by atoms with Gasteiger partial charge in [-0.15, -0.1) is 13.2 Å². The normalized spacial score (nSPS) is 18.7. The van der Waals surface area contributed by atoms with Gasteiger partial charge in [0.2, 0.25) is 0 Å². The molecule has 0 saturated heterocycles. The third kappa shape index (κ3) is 8.28. The van der Waals surface area contributed by atoms with Crippen molar-refractivity contribution >= 4 is 0 Å². The molecule has 0 bridgehead atoms. The quantitative estimate of drug-likeness (QED) is 0.230. The maximum atomic E-state index is 13.7. The average Bonchev–Trinajstić information content (AvgIpc) is 2.79. The predicted molar refractivity (Wildman–Crippen MR) is 123 cm³/mol. The molecular weight excluding hydrogens is 428 g/mol. The Labute approximate surface area is 193 Å². The lowest BCUT2D eigenvalue weighted by Gasteiger charge is -2.27. The van der Waals surface area contributed by atoms with Gasteiger partial charge >= 0.3 is 6.36 Å². The molecular formula is C28H30F4O. The molecule has 2 aromatic rings. The van der Waals surface area contributed by atoms with Crippen LogP contribution < -0.4 is 4.74 Å². The maximum absolute atomic E-state index is 13.7. The van der Waals surface area contributed by atoms with Gasteiger partial charge in [0, 0.05) is 5.56 Å². The number of hydrogen-bond acceptors (Lipinski definition) is 1. The highest BCUT2D eigenvalue weighted by atomic mass is 19.4. The van der Waals surface area contributed by atoms with Crippen LogP contribution >= 0.6 is 0 Å². The van der Waals surface area contributed by atoms with Crippen molar-refractivity contribution in [2.24, 2.45) is 5.92 Å². The van der Waals surface area contributed by atoms with Crippen molar-refractivity contribution < 1.29 is 22.3 Å². The van der Waals surface area contributed by atoms with Gasteiger partial charge in [0.15, 0.2) is 11.6 Å². The number of halogens is 4. The van der Waals surface area contributed by atoms with E-state index in [9.17, 15) is 17.6 Å². The average molecular weight is 459 g/mol. The van der Waals surface area contributed by atoms with Crippen molar-refractivity contribution in [2.75, 3.05) is 0 Å². The number of unbranched alkanes of at least 4 members (excludes halogenated alkanes) is 2. The van der Waals surface area contributed by atoms with Crippen LogP contribution in [-0.4, -0.2) is 6.36 Å². The molecule has 3 rings (SSSR count). The highest BCUT2D eigenvalue weighted by Crippen LogP contribution is 2.36. The van der Waals surface area contributed by atoms with Gasteiger partial charge in [-0.1, -0.05) is 61.9 Å². The molecule has 0 N–H and O–H groups in total. The second kappa shape index (κ2) is 11.9. The number of aryl methyl sites for hydroxylation is 1. The van der Waals surface area contributed by atoms with Crippen molar-refractivity contribution in [1.29, 1.82) is 0 Å². The molecule has 2 aromatic carbocycles. The molecule has 176 valence electrons. The van der Waals surface area contributed by atoms with E-state index >= 15 is 0 Å². The molecule has 33 heavy (non-hydrogen) atoms. The molecule has 0 heterocycles. The van der Waals surface area contributed by atoms with Crippen LogP contribution in [0.3, 0.4) is 0 Å². The largest absolute Gasteiger partial charge is 0.573 e. The summed E-state index contributed by atoms with van der Waals surface area (Å²) in [6, 6.07) is 12.3. The summed E-state index contributed by atoms with van der Waals surface area (Å²) < 4.78 is 54.0. The Morgan fingerprint density at radius 1 is 1.00 bits per heavy atom. The van der Waals surface area contributed by atoms with Crippen LogP contribution in [0.2, 0.25) is 0 Å². The van der Waals surface area contributed by atoms with E-state index in [-0.39, 0.29) is 0 Å². The first kappa shape index (κ1) is 24.9. The SMILES string of the molecule is CCCCCc1ccc([C@H]2CC[C@H](C=CC#Cc3ccc(OC(F)(F)F)c(F)c3)CC2)cc1. The van der Waals surface area contributed by atoms with E-state index in [1.807, 2.05) is 0 Å². The van der Waals surface area contributed by atoms with Crippen molar-refractivity contribution in [1.82, 2.24) is 0 Å². The van der Waals surface area contributed by atoms with E-state index in [1.165, 1.54) is 36.5 Å². The minimum absolute atomic E-state index is 0.300. The zero-order valence-corrected chi connectivity index (χ0v) is 18.9. The minimum atomic E-state index is -4.92. The predicted octanol–water partition coefficient (Wildman–Crippen LogP) is 8.34. The third-order valence-corrected chi connectivity index (χ3v) is 6.12. The van der Waals surface area contributed by atoms with Gasteiger partial charge in [0.1, 0.15) is 0 Å². The van der Waals surface area contributed by atoms with E-state index in [1.54, 1.807) is 6.08 Å². The summed E-state index contributed by atoms with van der Waals surface area (Å²) in [7, 11) is 0. The minimum Gasteiger partial charge on any atom is -0.403 e. The van der Waals surface area contributed by atoms with Crippen molar-refractivity contribution in [3.63, 3.8) is 0 Å². The van der Waals surface area contributed by atoms with Crippen LogP contribution in [-0.2, 0) is 6.42 Å². The van der Waals surface area contributed by atoms with E-state index in [0.717, 1.165) is 44.2 Å². The Morgan fingerprint density at radius 2 is 1.73 bits per heavy atom. The number of hydrogen-bond donors (Lipinski definition) is 0. The maximum Gasteiger partial charge on any atom is 0.573 e. The first-order chi connectivity index (χ1) is 15.8. The molecule has 0 spiro atoms. The molecule has 1 aliphatic rings. The molecule has 0 radical (unpaired) electrons. The Balaban J connectivity index is 1.46. The number of alkyl halides is 3. The van der Waals surface area contributed by atoms with E-state index < -0.39 is 17.9 Å². The van der Waals surface area contributed by atoms with Crippen LogP contribution in [0, 0.1) is 23.6 Å². The fourth-order valence-corrected chi connectivity index (χ4v) is 4.28. The number of ether oxygens (including phenoxy) is 1. The molecule has 0 aromatic heterocycles. The first-order valence-corrected chi connectivity index (χ1v) is 11.7. The lowest BCUT2D eigenvalue weighted by atomic mass is 9.78. The topological polar surface area (TPSA) is 9.23 Å². The molecule has 0 atom stereocenters. The molecule has 0 unspecified atom stereocenters. The highest BCUT2D eigenvalue weighted by Gasteiger charge is 2.32. The van der Waals surface area contributed by atoms with E-state index in [2.05, 4.69) is 53.8 Å². The smallest absolute Gasteiger partial charge is 0.403 e. The Hall–Kier alpha value is -2.74. The number of benzene rings is 2. The summed E-state index contributed by atoms with van der Waals surface area (Å²) in [6.07, 6.45) is 8.33. The summed E-state index contributed by atoms with van der Waals surface area (Å²) >= 11 is 0. The lowest BCUT2D eigenvalue weighted by Crippen LogP contribution is -2.17. The van der Waals surface area contributed by atoms with Crippen LogP contribution in [0.1, 0.15) is 74.5 Å². The standard InChI is InChI=1S/C28H30F4O/c1-2-3-4-7-21-10-15-24(16-11-21)25-17-12-22(13-18-25)8-5-6-9-23-14-19-27(26(29)20-23)33-28(30,31)32/h5,8,10-11,14-16,19-20,22,25H,2-4,7,12-13,17-18H2,1H3/t22-,25-. The number of allylic oxidation sites excluding steroid dienone is 2. The summed E-state index contributed by atoms with van der Waals surface area (Å²) in [6.45, 7) is 2.22. The molecule has 5 heteroatoms. The summed E-state index contributed by atoms with van der Waals surface area (Å²) in [5, 5.41) is 0.